The minimum absolute atomic E-state index is 0. The van der Waals surface area contributed by atoms with Crippen molar-refractivity contribution in [1.82, 2.24) is 0 Å². The third-order valence-electron chi connectivity index (χ3n) is 9.72. The van der Waals surface area contributed by atoms with Crippen molar-refractivity contribution in [2.75, 3.05) is 0 Å². The third kappa shape index (κ3) is 8.01. The molecule has 3 aliphatic carbocycles. The zero-order valence-corrected chi connectivity index (χ0v) is 34.4. The molecule has 0 bridgehead atoms. The number of aryl methyl sites for hydroxylation is 3. The smallest absolute Gasteiger partial charge is 1.00 e. The van der Waals surface area contributed by atoms with Gasteiger partial charge in [0.2, 0.25) is 0 Å². The molecule has 0 atom stereocenters. The molecule has 0 amide bonds. The number of benzene rings is 3. The molecule has 0 unspecified atom stereocenters. The summed E-state index contributed by atoms with van der Waals surface area (Å²) in [5, 5.41) is 0. The third-order valence-corrected chi connectivity index (χ3v) is 10.5. The summed E-state index contributed by atoms with van der Waals surface area (Å²) in [6, 6.07) is 22.9. The number of hydrogen-bond donors (Lipinski definition) is 0. The maximum Gasteiger partial charge on any atom is -1.00 e. The minimum Gasteiger partial charge on any atom is -1.00 e. The number of hydrogen-bond acceptors (Lipinski definition) is 0. The minimum atomic E-state index is 0. The molecule has 4 aromatic carbocycles. The average molecular weight is 741 g/mol. The normalized spacial score (nSPS) is 15.5. The molecule has 0 aromatic heterocycles. The Balaban J connectivity index is 0.000000228. The Kier molecular flexibility index (Phi) is 12.0. The standard InChI is InChI=1S/C25H25.C11H17.C8H8.2ClH.Zr/c1-14-12-24(3,4)22-8-16-7-17-9-23-19(15(2)13-25(23,5)6)11-21(17)20(16)10-18(14)22;1-8-6-9(2)10(7-8)11(3,4)5;1-7-3-5-8(2)6-4-7;;;/h8-12H,7H2,1-6H3;6-7H,1-5H3;1,3-6H,2H3;2*1H;/q2*-1;;;;+2/p-2. The molecule has 47 heavy (non-hydrogen) atoms. The van der Waals surface area contributed by atoms with Gasteiger partial charge in [0.15, 0.2) is 0 Å². The van der Waals surface area contributed by atoms with Crippen LogP contribution >= 0.6 is 0 Å². The molecule has 246 valence electrons. The van der Waals surface area contributed by atoms with Crippen molar-refractivity contribution < 1.29 is 49.0 Å². The van der Waals surface area contributed by atoms with E-state index in [2.05, 4.69) is 160 Å². The summed E-state index contributed by atoms with van der Waals surface area (Å²) in [6.45, 7) is 26.9. The average Bonchev–Trinajstić information content (AvgIpc) is 3.62. The number of fused-ring (bicyclic) bond motifs is 5. The van der Waals surface area contributed by atoms with Gasteiger partial charge in [0.25, 0.3) is 0 Å². The van der Waals surface area contributed by atoms with Crippen molar-refractivity contribution in [2.45, 2.75) is 106 Å². The van der Waals surface area contributed by atoms with Crippen molar-refractivity contribution in [1.29, 1.82) is 0 Å². The fourth-order valence-corrected chi connectivity index (χ4v) is 8.02. The van der Waals surface area contributed by atoms with E-state index in [4.69, 9.17) is 0 Å². The van der Waals surface area contributed by atoms with Gasteiger partial charge < -0.3 is 24.8 Å². The van der Waals surface area contributed by atoms with Gasteiger partial charge in [-0.1, -0.05) is 98.3 Å². The van der Waals surface area contributed by atoms with Crippen LogP contribution < -0.4 is 24.8 Å². The fraction of sp³-hybridized carbons (Fsp3) is 0.364. The van der Waals surface area contributed by atoms with Crippen molar-refractivity contribution >= 4 is 14.9 Å². The maximum atomic E-state index is 3.65. The van der Waals surface area contributed by atoms with Crippen LogP contribution in [0, 0.1) is 26.8 Å². The van der Waals surface area contributed by atoms with E-state index in [1.165, 1.54) is 108 Å². The van der Waals surface area contributed by atoms with Gasteiger partial charge >= 0.3 is 70.3 Å². The van der Waals surface area contributed by atoms with E-state index in [9.17, 15) is 0 Å². The van der Waals surface area contributed by atoms with Crippen LogP contribution in [0.1, 0.15) is 124 Å². The Bertz CT molecular complexity index is 1770. The predicted octanol–water partition coefficient (Wildman–Crippen LogP) is 5.47. The first-order chi connectivity index (χ1) is 20.9. The Morgan fingerprint density at radius 3 is 1.79 bits per heavy atom. The molecule has 0 saturated carbocycles. The number of rotatable bonds is 1. The van der Waals surface area contributed by atoms with Crippen molar-refractivity contribution in [3.63, 3.8) is 0 Å². The summed E-state index contributed by atoms with van der Waals surface area (Å²) in [4.78, 5) is 0. The van der Waals surface area contributed by atoms with Gasteiger partial charge in [0.1, 0.15) is 0 Å². The zero-order valence-electron chi connectivity index (χ0n) is 30.4. The van der Waals surface area contributed by atoms with Crippen LogP contribution in [0.3, 0.4) is 0 Å². The van der Waals surface area contributed by atoms with E-state index < -0.39 is 0 Å². The van der Waals surface area contributed by atoms with Crippen LogP contribution in [-0.4, -0.2) is 3.71 Å². The summed E-state index contributed by atoms with van der Waals surface area (Å²) in [5.74, 6) is 0. The quantitative estimate of drug-likeness (QED) is 0.200. The van der Waals surface area contributed by atoms with Crippen molar-refractivity contribution in [2.24, 2.45) is 0 Å². The molecule has 3 aliphatic rings. The fourth-order valence-electron chi connectivity index (χ4n) is 7.55. The summed E-state index contributed by atoms with van der Waals surface area (Å²) >= 11 is 1.47. The van der Waals surface area contributed by atoms with Gasteiger partial charge in [-0.3, -0.25) is 6.08 Å². The summed E-state index contributed by atoms with van der Waals surface area (Å²) in [6.07, 6.45) is 7.13. The molecule has 0 spiro atoms. The predicted molar refractivity (Wildman–Crippen MR) is 193 cm³/mol. The molecular formula is C44H50Cl2Zr-2. The molecule has 0 radical (unpaired) electrons. The Hall–Kier alpha value is -2.18. The first-order valence-electron chi connectivity index (χ1n) is 16.4. The van der Waals surface area contributed by atoms with Crippen LogP contribution in [0.2, 0.25) is 0 Å². The second-order valence-corrected chi connectivity index (χ2v) is 16.4. The van der Waals surface area contributed by atoms with Crippen molar-refractivity contribution in [3.8, 4) is 11.1 Å². The SMILES string of the molecule is CC1=[C-]C(C)(C)c2cc3c(cc21)-c1cc2c(cc1C3)C(C)(C)C=C2C.Cc1cc(C(C)(C)C)c(C)[cH-]1.Cc1ccc([CH]=[Zr+2])cc1.[Cl-].[Cl-]. The van der Waals surface area contributed by atoms with Gasteiger partial charge in [0, 0.05) is 5.41 Å². The van der Waals surface area contributed by atoms with Gasteiger partial charge in [-0.25, -0.2) is 11.6 Å². The Morgan fingerprint density at radius 1 is 0.745 bits per heavy atom. The first kappa shape index (κ1) is 39.3. The summed E-state index contributed by atoms with van der Waals surface area (Å²) in [5.41, 5.74) is 21.8. The molecule has 0 heterocycles. The van der Waals surface area contributed by atoms with Crippen LogP contribution in [0.15, 0.2) is 66.7 Å². The van der Waals surface area contributed by atoms with E-state index in [1.54, 1.807) is 0 Å². The summed E-state index contributed by atoms with van der Waals surface area (Å²) in [7, 11) is 0. The van der Waals surface area contributed by atoms with E-state index >= 15 is 0 Å². The Labute approximate surface area is 312 Å². The van der Waals surface area contributed by atoms with E-state index in [-0.39, 0.29) is 35.6 Å². The topological polar surface area (TPSA) is 0 Å². The van der Waals surface area contributed by atoms with E-state index in [0.29, 0.717) is 5.41 Å². The summed E-state index contributed by atoms with van der Waals surface area (Å²) < 4.78 is 2.19. The second-order valence-electron chi connectivity index (χ2n) is 15.6. The van der Waals surface area contributed by atoms with E-state index in [1.807, 2.05) is 0 Å². The molecule has 0 aliphatic heterocycles. The molecule has 7 rings (SSSR count). The molecule has 3 heteroatoms. The van der Waals surface area contributed by atoms with Gasteiger partial charge in [0.05, 0.1) is 0 Å². The largest absolute Gasteiger partial charge is 1.00 e. The van der Waals surface area contributed by atoms with Crippen LogP contribution in [0.25, 0.3) is 22.3 Å². The molecule has 0 saturated heterocycles. The molecular weight excluding hydrogens is 691 g/mol. The first-order valence-corrected chi connectivity index (χ1v) is 17.8. The Morgan fingerprint density at radius 2 is 1.30 bits per heavy atom. The zero-order chi connectivity index (χ0) is 33.1. The second kappa shape index (κ2) is 14.4. The molecule has 0 fully saturated rings. The van der Waals surface area contributed by atoms with Crippen LogP contribution in [-0.2, 0) is 46.9 Å². The van der Waals surface area contributed by atoms with Crippen molar-refractivity contribution in [3.05, 3.63) is 134 Å². The molecule has 0 nitrogen and oxygen atoms in total. The van der Waals surface area contributed by atoms with Crippen LogP contribution in [0.5, 0.6) is 0 Å². The maximum absolute atomic E-state index is 3.65. The number of halogens is 2. The van der Waals surface area contributed by atoms with Gasteiger partial charge in [-0.05, 0) is 58.4 Å². The van der Waals surface area contributed by atoms with Gasteiger partial charge in [-0.15, -0.1) is 11.6 Å². The molecule has 4 aromatic rings. The molecule has 0 N–H and O–H groups in total. The monoisotopic (exact) mass is 738 g/mol. The van der Waals surface area contributed by atoms with Crippen LogP contribution in [0.4, 0.5) is 0 Å². The van der Waals surface area contributed by atoms with E-state index in [0.717, 1.165) is 6.42 Å². The number of allylic oxidation sites excluding steroid dienone is 4. The van der Waals surface area contributed by atoms with Gasteiger partial charge in [-0.2, -0.15) is 28.3 Å².